The molecule has 0 aromatic heterocycles. The van der Waals surface area contributed by atoms with Crippen molar-refractivity contribution < 1.29 is 52.9 Å². The van der Waals surface area contributed by atoms with Crippen LogP contribution in [-0.2, 0) is 32.7 Å². The zero-order valence-electron chi connectivity index (χ0n) is 39.4. The first-order valence-corrected chi connectivity index (χ1v) is 26.0. The molecule has 62 heavy (non-hydrogen) atoms. The molecule has 0 aliphatic heterocycles. The molecule has 4 atom stereocenters. The Balaban J connectivity index is 4.27. The maximum Gasteiger partial charge on any atom is 0.472 e. The van der Waals surface area contributed by atoms with E-state index in [4.69, 9.17) is 23.6 Å². The van der Waals surface area contributed by atoms with Crippen LogP contribution in [0.25, 0.3) is 0 Å². The minimum absolute atomic E-state index is 0.154. The van der Waals surface area contributed by atoms with Crippen LogP contribution in [0.3, 0.4) is 0 Å². The molecular formula is C50H91O11P. The van der Waals surface area contributed by atoms with Gasteiger partial charge in [-0.1, -0.05) is 178 Å². The third-order valence-corrected chi connectivity index (χ3v) is 11.4. The molecule has 0 radical (unpaired) electrons. The molecule has 12 heteroatoms. The van der Waals surface area contributed by atoms with Crippen LogP contribution in [0.2, 0.25) is 0 Å². The number of aliphatic hydroxyl groups is 3. The van der Waals surface area contributed by atoms with Crippen LogP contribution in [-0.4, -0.2) is 76.9 Å². The average molecular weight is 899 g/mol. The Kier molecular flexibility index (Phi) is 42.6. The second kappa shape index (κ2) is 44.1. The van der Waals surface area contributed by atoms with Crippen molar-refractivity contribution >= 4 is 19.8 Å². The third-order valence-electron chi connectivity index (χ3n) is 10.4. The van der Waals surface area contributed by atoms with Crippen molar-refractivity contribution in [3.8, 4) is 0 Å². The number of ether oxygens (including phenoxy) is 2. The molecule has 0 saturated carbocycles. The topological polar surface area (TPSA) is 169 Å². The molecule has 0 aromatic rings. The van der Waals surface area contributed by atoms with Gasteiger partial charge < -0.3 is 29.7 Å². The van der Waals surface area contributed by atoms with Gasteiger partial charge in [0.15, 0.2) is 6.10 Å². The van der Waals surface area contributed by atoms with E-state index in [0.717, 1.165) is 63.7 Å². The summed E-state index contributed by atoms with van der Waals surface area (Å²) < 4.78 is 32.8. The molecular weight excluding hydrogens is 808 g/mol. The number of rotatable bonds is 45. The third kappa shape index (κ3) is 45.9. The summed E-state index contributed by atoms with van der Waals surface area (Å²) in [6.45, 7) is 4.24. The van der Waals surface area contributed by atoms with Gasteiger partial charge in [0.25, 0.3) is 0 Å². The molecule has 0 saturated heterocycles. The van der Waals surface area contributed by atoms with Gasteiger partial charge in [0.1, 0.15) is 12.7 Å². The minimum atomic E-state index is -4.64. The number of carbonyl (C=O) groups excluding carboxylic acids is 2. The van der Waals surface area contributed by atoms with Gasteiger partial charge in [-0.3, -0.25) is 18.6 Å². The predicted molar refractivity (Wildman–Crippen MR) is 253 cm³/mol. The SMILES string of the molecule is CC(C)CCCCCCCCCCCCCCCCCCCCC(=O)O[C@H](COC(=O)CCC/C=C\C/C=C\C/C=C\C/C=C\CCC[C@@H](C)O)COP(=O)(O)OC[C@@H](O)CO. The lowest BCUT2D eigenvalue weighted by molar-refractivity contribution is -0.161. The summed E-state index contributed by atoms with van der Waals surface area (Å²) in [6.07, 6.45) is 45.0. The highest BCUT2D eigenvalue weighted by Gasteiger charge is 2.27. The average Bonchev–Trinajstić information content (AvgIpc) is 3.23. The summed E-state index contributed by atoms with van der Waals surface area (Å²) in [5.41, 5.74) is 0. The van der Waals surface area contributed by atoms with Gasteiger partial charge >= 0.3 is 19.8 Å². The van der Waals surface area contributed by atoms with E-state index in [0.29, 0.717) is 19.3 Å². The molecule has 362 valence electrons. The molecule has 0 amide bonds. The summed E-state index contributed by atoms with van der Waals surface area (Å²) in [4.78, 5) is 35.1. The number of carbonyl (C=O) groups is 2. The molecule has 0 aromatic carbocycles. The summed E-state index contributed by atoms with van der Waals surface area (Å²) in [7, 11) is -4.64. The molecule has 1 unspecified atom stereocenters. The molecule has 0 heterocycles. The van der Waals surface area contributed by atoms with E-state index in [2.05, 4.69) is 50.3 Å². The van der Waals surface area contributed by atoms with Crippen molar-refractivity contribution in [2.75, 3.05) is 26.4 Å². The smallest absolute Gasteiger partial charge is 0.462 e. The van der Waals surface area contributed by atoms with E-state index in [1.165, 1.54) is 96.3 Å². The van der Waals surface area contributed by atoms with E-state index in [1.54, 1.807) is 0 Å². The Labute approximate surface area is 377 Å². The van der Waals surface area contributed by atoms with Crippen molar-refractivity contribution in [1.82, 2.24) is 0 Å². The number of allylic oxidation sites excluding steroid dienone is 8. The molecule has 4 N–H and O–H groups in total. The fourth-order valence-corrected chi connectivity index (χ4v) is 7.45. The summed E-state index contributed by atoms with van der Waals surface area (Å²) in [6, 6.07) is 0. The zero-order valence-corrected chi connectivity index (χ0v) is 40.3. The van der Waals surface area contributed by atoms with E-state index in [-0.39, 0.29) is 25.6 Å². The number of aliphatic hydroxyl groups excluding tert-OH is 3. The van der Waals surface area contributed by atoms with Gasteiger partial charge in [-0.2, -0.15) is 0 Å². The highest BCUT2D eigenvalue weighted by molar-refractivity contribution is 7.47. The Morgan fingerprint density at radius 2 is 0.935 bits per heavy atom. The van der Waals surface area contributed by atoms with E-state index < -0.39 is 51.8 Å². The van der Waals surface area contributed by atoms with Crippen molar-refractivity contribution in [2.24, 2.45) is 5.92 Å². The van der Waals surface area contributed by atoms with Gasteiger partial charge in [-0.05, 0) is 70.6 Å². The summed E-state index contributed by atoms with van der Waals surface area (Å²) >= 11 is 0. The van der Waals surface area contributed by atoms with Gasteiger partial charge in [0.2, 0.25) is 0 Å². The predicted octanol–water partition coefficient (Wildman–Crippen LogP) is 12.5. The Bertz CT molecular complexity index is 1200. The Hall–Kier alpha value is -2.11. The van der Waals surface area contributed by atoms with Crippen molar-refractivity contribution in [3.63, 3.8) is 0 Å². The maximum atomic E-state index is 12.7. The first kappa shape index (κ1) is 59.9. The molecule has 0 rings (SSSR count). The van der Waals surface area contributed by atoms with Crippen LogP contribution < -0.4 is 0 Å². The van der Waals surface area contributed by atoms with E-state index in [1.807, 2.05) is 19.1 Å². The van der Waals surface area contributed by atoms with Crippen LogP contribution in [0.15, 0.2) is 48.6 Å². The van der Waals surface area contributed by atoms with Crippen LogP contribution in [0.1, 0.15) is 207 Å². The standard InChI is InChI=1S/C50H91O11P/c1-45(2)37-33-29-25-21-17-13-9-6-4-5-7-11-16-20-24-28-32-36-40-50(55)61-48(44-60-62(56,57)59-42-47(53)41-51)43-58-49(54)39-35-31-27-23-19-15-12-8-10-14-18-22-26-30-34-38-46(3)52/h10,12,14-15,22-23,26-27,45-48,51-53H,4-9,11,13,16-21,24-25,28-44H2,1-3H3,(H,56,57)/b14-10-,15-12-,26-22-,27-23-/t46-,47+,48-/m1/s1. The van der Waals surface area contributed by atoms with Crippen LogP contribution >= 0.6 is 7.82 Å². The second-order valence-corrected chi connectivity index (χ2v) is 18.7. The Morgan fingerprint density at radius 3 is 1.40 bits per heavy atom. The summed E-state index contributed by atoms with van der Waals surface area (Å²) in [5.74, 6) is -0.164. The lowest BCUT2D eigenvalue weighted by Gasteiger charge is -2.20. The number of hydrogen-bond donors (Lipinski definition) is 4. The van der Waals surface area contributed by atoms with Crippen molar-refractivity contribution in [1.29, 1.82) is 0 Å². The van der Waals surface area contributed by atoms with E-state index >= 15 is 0 Å². The maximum absolute atomic E-state index is 12.7. The van der Waals surface area contributed by atoms with Gasteiger partial charge in [-0.25, -0.2) is 4.57 Å². The zero-order chi connectivity index (χ0) is 45.8. The van der Waals surface area contributed by atoms with Gasteiger partial charge in [-0.15, -0.1) is 0 Å². The normalized spacial score (nSPS) is 14.7. The molecule has 0 bridgehead atoms. The first-order valence-electron chi connectivity index (χ1n) is 24.5. The summed E-state index contributed by atoms with van der Waals surface area (Å²) in [5, 5.41) is 27.7. The van der Waals surface area contributed by atoms with Crippen molar-refractivity contribution in [3.05, 3.63) is 48.6 Å². The first-order chi connectivity index (χ1) is 29.9. The quantitative estimate of drug-likeness (QED) is 0.0199. The fourth-order valence-electron chi connectivity index (χ4n) is 6.66. The lowest BCUT2D eigenvalue weighted by Crippen LogP contribution is -2.29. The number of unbranched alkanes of at least 4 members (excludes halogenated alkanes) is 19. The minimum Gasteiger partial charge on any atom is -0.462 e. The van der Waals surface area contributed by atoms with Crippen LogP contribution in [0, 0.1) is 5.92 Å². The van der Waals surface area contributed by atoms with Crippen LogP contribution in [0.5, 0.6) is 0 Å². The second-order valence-electron chi connectivity index (χ2n) is 17.3. The molecule has 11 nitrogen and oxygen atoms in total. The highest BCUT2D eigenvalue weighted by Crippen LogP contribution is 2.43. The molecule has 0 fully saturated rings. The van der Waals surface area contributed by atoms with Gasteiger partial charge in [0, 0.05) is 12.8 Å². The van der Waals surface area contributed by atoms with Crippen LogP contribution in [0.4, 0.5) is 0 Å². The van der Waals surface area contributed by atoms with E-state index in [9.17, 15) is 29.3 Å². The molecule has 0 spiro atoms. The Morgan fingerprint density at radius 1 is 0.516 bits per heavy atom. The largest absolute Gasteiger partial charge is 0.472 e. The van der Waals surface area contributed by atoms with Gasteiger partial charge in [0.05, 0.1) is 25.9 Å². The number of esters is 2. The highest BCUT2D eigenvalue weighted by atomic mass is 31.2. The molecule has 0 aliphatic carbocycles. The monoisotopic (exact) mass is 899 g/mol. The number of hydrogen-bond acceptors (Lipinski definition) is 10. The lowest BCUT2D eigenvalue weighted by atomic mass is 10.0. The number of phosphoric acid groups is 1. The molecule has 0 aliphatic rings. The van der Waals surface area contributed by atoms with Crippen molar-refractivity contribution in [2.45, 2.75) is 225 Å². The fraction of sp³-hybridized carbons (Fsp3) is 0.800. The number of phosphoric ester groups is 1.